The van der Waals surface area contributed by atoms with Crippen molar-refractivity contribution in [1.29, 1.82) is 0 Å². The number of benzene rings is 1. The summed E-state index contributed by atoms with van der Waals surface area (Å²) in [5.41, 5.74) is 0.561. The quantitative estimate of drug-likeness (QED) is 0.659. The molecule has 0 bridgehead atoms. The number of aromatic nitrogens is 2. The number of amides is 1. The van der Waals surface area contributed by atoms with Crippen molar-refractivity contribution in [1.82, 2.24) is 9.55 Å². The molecule has 0 fully saturated rings. The largest absolute Gasteiger partial charge is 0.462 e. The third-order valence-electron chi connectivity index (χ3n) is 3.77. The normalized spacial score (nSPS) is 10.7. The second-order valence-corrected chi connectivity index (χ2v) is 7.25. The third kappa shape index (κ3) is 4.40. The Kier molecular flexibility index (Phi) is 5.66. The van der Waals surface area contributed by atoms with Crippen molar-refractivity contribution in [2.75, 3.05) is 11.9 Å². The van der Waals surface area contributed by atoms with Crippen LogP contribution in [0.3, 0.4) is 0 Å². The van der Waals surface area contributed by atoms with E-state index in [2.05, 4.69) is 10.3 Å². The smallest absolute Gasteiger partial charge is 0.338 e. The molecule has 0 aliphatic heterocycles. The van der Waals surface area contributed by atoms with Crippen LogP contribution in [0.4, 0.5) is 5.69 Å². The average Bonchev–Trinajstić information content (AvgIpc) is 3.03. The van der Waals surface area contributed by atoms with Gasteiger partial charge in [0.1, 0.15) is 11.4 Å². The monoisotopic (exact) mass is 385 g/mol. The molecule has 3 rings (SSSR count). The van der Waals surface area contributed by atoms with Crippen LogP contribution in [0.25, 0.3) is 10.2 Å². The van der Waals surface area contributed by atoms with E-state index in [0.29, 0.717) is 28.1 Å². The van der Waals surface area contributed by atoms with E-state index in [1.54, 1.807) is 30.3 Å². The lowest BCUT2D eigenvalue weighted by atomic mass is 10.2. The Labute approximate surface area is 159 Å². The molecule has 1 aromatic carbocycles. The summed E-state index contributed by atoms with van der Waals surface area (Å²) in [5, 5.41) is 3.20. The lowest BCUT2D eigenvalue weighted by Crippen LogP contribution is -2.27. The minimum atomic E-state index is -0.438. The summed E-state index contributed by atoms with van der Waals surface area (Å²) in [4.78, 5) is 42.6. The number of hydrogen-bond donors (Lipinski definition) is 1. The van der Waals surface area contributed by atoms with Crippen LogP contribution in [0.5, 0.6) is 0 Å². The fourth-order valence-corrected chi connectivity index (χ4v) is 3.39. The second-order valence-electron chi connectivity index (χ2n) is 6.02. The molecular formula is C19H19N3O4S. The number of aryl methyl sites for hydroxylation is 1. The molecule has 7 nitrogen and oxygen atoms in total. The summed E-state index contributed by atoms with van der Waals surface area (Å²) >= 11 is 1.44. The summed E-state index contributed by atoms with van der Waals surface area (Å²) in [7, 11) is 0. The molecular weight excluding hydrogens is 366 g/mol. The highest BCUT2D eigenvalue weighted by molar-refractivity contribution is 7.18. The van der Waals surface area contributed by atoms with E-state index in [9.17, 15) is 14.4 Å². The molecule has 1 amide bonds. The second kappa shape index (κ2) is 8.13. The zero-order valence-corrected chi connectivity index (χ0v) is 15.8. The topological polar surface area (TPSA) is 90.3 Å². The van der Waals surface area contributed by atoms with E-state index >= 15 is 0 Å². The van der Waals surface area contributed by atoms with Gasteiger partial charge in [0, 0.05) is 10.6 Å². The van der Waals surface area contributed by atoms with E-state index in [1.807, 2.05) is 13.8 Å². The minimum absolute atomic E-state index is 0.165. The number of nitrogens with one attached hydrogen (secondary N) is 1. The number of rotatable bonds is 6. The Bertz CT molecular complexity index is 1050. The van der Waals surface area contributed by atoms with E-state index in [-0.39, 0.29) is 18.0 Å². The van der Waals surface area contributed by atoms with Crippen LogP contribution in [0.2, 0.25) is 0 Å². The number of carbonyl (C=O) groups excluding carboxylic acids is 2. The van der Waals surface area contributed by atoms with Crippen molar-refractivity contribution in [3.63, 3.8) is 0 Å². The first-order valence-electron chi connectivity index (χ1n) is 8.50. The lowest BCUT2D eigenvalue weighted by molar-refractivity contribution is -0.116. The first-order chi connectivity index (χ1) is 13.0. The number of thiophene rings is 1. The van der Waals surface area contributed by atoms with Gasteiger partial charge in [0.25, 0.3) is 5.56 Å². The van der Waals surface area contributed by atoms with Gasteiger partial charge >= 0.3 is 5.97 Å². The van der Waals surface area contributed by atoms with Gasteiger partial charge in [-0.3, -0.25) is 14.2 Å². The Morgan fingerprint density at radius 3 is 2.89 bits per heavy atom. The van der Waals surface area contributed by atoms with Gasteiger partial charge in [0.2, 0.25) is 5.91 Å². The fraction of sp³-hybridized carbons (Fsp3) is 0.263. The van der Waals surface area contributed by atoms with Crippen LogP contribution >= 0.6 is 11.3 Å². The molecule has 140 valence electrons. The fourth-order valence-electron chi connectivity index (χ4n) is 2.55. The highest BCUT2D eigenvalue weighted by Gasteiger charge is 2.12. The van der Waals surface area contributed by atoms with E-state index in [1.165, 1.54) is 22.2 Å². The molecule has 1 N–H and O–H groups in total. The number of esters is 1. The first kappa shape index (κ1) is 18.8. The van der Waals surface area contributed by atoms with Crippen molar-refractivity contribution < 1.29 is 14.3 Å². The molecule has 0 spiro atoms. The van der Waals surface area contributed by atoms with Gasteiger partial charge in [-0.15, -0.1) is 11.3 Å². The number of anilines is 1. The molecule has 2 aromatic heterocycles. The zero-order valence-electron chi connectivity index (χ0n) is 15.0. The van der Waals surface area contributed by atoms with E-state index < -0.39 is 5.97 Å². The number of hydrogen-bond acceptors (Lipinski definition) is 6. The van der Waals surface area contributed by atoms with Gasteiger partial charge in [-0.2, -0.15) is 0 Å². The summed E-state index contributed by atoms with van der Waals surface area (Å²) < 4.78 is 6.35. The maximum atomic E-state index is 12.5. The van der Waals surface area contributed by atoms with Crippen LogP contribution in [-0.2, 0) is 16.1 Å². The van der Waals surface area contributed by atoms with Gasteiger partial charge in [-0.1, -0.05) is 13.0 Å². The number of carbonyl (C=O) groups is 2. The number of nitrogens with zero attached hydrogens (tertiary/aromatic N) is 2. The van der Waals surface area contributed by atoms with Gasteiger partial charge in [-0.05, 0) is 37.6 Å². The SMILES string of the molecule is CCCOC(=O)c1cccc(NC(=O)Cn2cnc3sc(C)cc3c2=O)c1. The Morgan fingerprint density at radius 1 is 1.30 bits per heavy atom. The van der Waals surface area contributed by atoms with Crippen LogP contribution in [0.1, 0.15) is 28.6 Å². The Balaban J connectivity index is 1.72. The van der Waals surface area contributed by atoms with Gasteiger partial charge in [0.15, 0.2) is 0 Å². The molecule has 0 aliphatic rings. The van der Waals surface area contributed by atoms with Crippen molar-refractivity contribution in [2.45, 2.75) is 26.8 Å². The molecule has 0 saturated carbocycles. The molecule has 0 radical (unpaired) electrons. The Hall–Kier alpha value is -3.00. The predicted octanol–water partition coefficient (Wildman–Crippen LogP) is 2.97. The van der Waals surface area contributed by atoms with Crippen molar-refractivity contribution in [3.05, 3.63) is 57.5 Å². The van der Waals surface area contributed by atoms with Crippen molar-refractivity contribution in [2.24, 2.45) is 0 Å². The maximum Gasteiger partial charge on any atom is 0.338 e. The van der Waals surface area contributed by atoms with E-state index in [4.69, 9.17) is 4.74 Å². The van der Waals surface area contributed by atoms with Crippen LogP contribution in [0.15, 0.2) is 41.5 Å². The number of fused-ring (bicyclic) bond motifs is 1. The van der Waals surface area contributed by atoms with Crippen molar-refractivity contribution in [3.8, 4) is 0 Å². The van der Waals surface area contributed by atoms with Gasteiger partial charge < -0.3 is 10.1 Å². The Morgan fingerprint density at radius 2 is 2.11 bits per heavy atom. The molecule has 2 heterocycles. The standard InChI is InChI=1S/C19H19N3O4S/c1-3-7-26-19(25)13-5-4-6-14(9-13)21-16(23)10-22-11-20-17-15(18(22)24)8-12(2)27-17/h4-6,8-9,11H,3,7,10H2,1-2H3,(H,21,23). The average molecular weight is 385 g/mol. The highest BCUT2D eigenvalue weighted by Crippen LogP contribution is 2.19. The molecule has 8 heteroatoms. The number of ether oxygens (including phenoxy) is 1. The van der Waals surface area contributed by atoms with Crippen LogP contribution < -0.4 is 10.9 Å². The predicted molar refractivity (Wildman–Crippen MR) is 104 cm³/mol. The van der Waals surface area contributed by atoms with Gasteiger partial charge in [-0.25, -0.2) is 9.78 Å². The summed E-state index contributed by atoms with van der Waals surface area (Å²) in [6.45, 7) is 3.99. The summed E-state index contributed by atoms with van der Waals surface area (Å²) in [6, 6.07) is 8.26. The molecule has 0 aliphatic carbocycles. The third-order valence-corrected chi connectivity index (χ3v) is 4.73. The minimum Gasteiger partial charge on any atom is -0.462 e. The van der Waals surface area contributed by atoms with Gasteiger partial charge in [0.05, 0.1) is 23.9 Å². The zero-order chi connectivity index (χ0) is 19.4. The molecule has 3 aromatic rings. The highest BCUT2D eigenvalue weighted by atomic mass is 32.1. The van der Waals surface area contributed by atoms with Crippen molar-refractivity contribution >= 4 is 39.1 Å². The lowest BCUT2D eigenvalue weighted by Gasteiger charge is -2.09. The molecule has 27 heavy (non-hydrogen) atoms. The first-order valence-corrected chi connectivity index (χ1v) is 9.32. The van der Waals surface area contributed by atoms with Crippen LogP contribution in [0, 0.1) is 6.92 Å². The molecule has 0 atom stereocenters. The maximum absolute atomic E-state index is 12.5. The molecule has 0 saturated heterocycles. The van der Waals surface area contributed by atoms with E-state index in [0.717, 1.165) is 11.3 Å². The summed E-state index contributed by atoms with van der Waals surface area (Å²) in [6.07, 6.45) is 2.11. The summed E-state index contributed by atoms with van der Waals surface area (Å²) in [5.74, 6) is -0.823. The van der Waals surface area contributed by atoms with Crippen LogP contribution in [-0.4, -0.2) is 28.0 Å². The molecule has 0 unspecified atom stereocenters.